The number of hydrogen-bond donors (Lipinski definition) is 14. The smallest absolute Gasteiger partial charge is 0.222 e. The summed E-state index contributed by atoms with van der Waals surface area (Å²) in [7, 11) is 0. The van der Waals surface area contributed by atoms with Gasteiger partial charge in [-0.05, 0) is 18.4 Å². The molecule has 0 aromatic heterocycles. The van der Waals surface area contributed by atoms with E-state index in [2.05, 4.69) is 20.7 Å². The molecule has 4 heterocycles. The van der Waals surface area contributed by atoms with Crippen LogP contribution in [0, 0.1) is 0 Å². The molecule has 20 atom stereocenters. The number of azide groups is 1. The molecule has 4 aliphatic heterocycles. The number of aliphatic hydroxyl groups excluding tert-OH is 12. The molecule has 14 N–H and O–H groups in total. The van der Waals surface area contributed by atoms with E-state index in [1.807, 2.05) is 0 Å². The molecule has 0 aromatic rings. The topological polar surface area (TPSA) is 414 Å². The third kappa shape index (κ3) is 11.2. The highest BCUT2D eigenvalue weighted by Crippen LogP contribution is 2.34. The Hall–Kier alpha value is -2.51. The van der Waals surface area contributed by atoms with E-state index in [1.165, 1.54) is 0 Å². The van der Waals surface area contributed by atoms with Crippen LogP contribution in [-0.4, -0.2) is 229 Å². The minimum Gasteiger partial charge on any atom is -0.394 e. The van der Waals surface area contributed by atoms with E-state index in [1.54, 1.807) is 0 Å². The molecular formula is C31H53N5O21. The predicted molar refractivity (Wildman–Crippen MR) is 179 cm³/mol. The van der Waals surface area contributed by atoms with E-state index in [0.717, 1.165) is 6.92 Å². The Morgan fingerprint density at radius 2 is 1.05 bits per heavy atom. The lowest BCUT2D eigenvalue weighted by Crippen LogP contribution is -2.69. The summed E-state index contributed by atoms with van der Waals surface area (Å²) in [5.74, 6) is -1.27. The molecule has 57 heavy (non-hydrogen) atoms. The molecule has 4 aliphatic rings. The number of aliphatic hydroxyl groups is 12. The van der Waals surface area contributed by atoms with E-state index in [0.29, 0.717) is 12.8 Å². The third-order valence-corrected chi connectivity index (χ3v) is 9.91. The standard InChI is InChI=1S/C31H53N5O21/c1-10(41)34-16-18(44)17(43)11(6-37)52-29(16)55-26-13(8-39)53-31(23(49)20(26)46)57-27-14(9-40)54-30(24(50)21(27)47)56-25-12(7-38)51-28(22(48)19(25)45)35-15(42)4-2-3-5-33-36-32/h11-14,16-31,37-40,43-50H,2-9H2,1H3,(H,34,41)(H,35,42)/t11-,12-,13-,14-,16-,17+,18-,19-,20-,21-,22-,23-,24-,25-,26+,27+,28-,29-,30+,31+/m1/s1. The summed E-state index contributed by atoms with van der Waals surface area (Å²) in [4.78, 5) is 26.8. The summed E-state index contributed by atoms with van der Waals surface area (Å²) in [6.07, 6.45) is -32.7. The van der Waals surface area contributed by atoms with Crippen LogP contribution in [0.25, 0.3) is 10.4 Å². The highest BCUT2D eigenvalue weighted by Gasteiger charge is 2.55. The predicted octanol–water partition coefficient (Wildman–Crippen LogP) is -8.00. The van der Waals surface area contributed by atoms with E-state index < -0.39 is 161 Å². The first-order valence-electron chi connectivity index (χ1n) is 18.2. The van der Waals surface area contributed by atoms with Gasteiger partial charge in [0, 0.05) is 24.8 Å². The molecule has 0 aromatic carbocycles. The fourth-order valence-electron chi connectivity index (χ4n) is 6.84. The lowest BCUT2D eigenvalue weighted by Gasteiger charge is -2.49. The summed E-state index contributed by atoms with van der Waals surface area (Å²) in [5.41, 5.74) is 8.34. The van der Waals surface area contributed by atoms with Crippen LogP contribution in [0.4, 0.5) is 0 Å². The normalized spacial score (nSPS) is 43.8. The number of carbonyl (C=O) groups is 2. The van der Waals surface area contributed by atoms with Gasteiger partial charge in [0.15, 0.2) is 25.1 Å². The maximum Gasteiger partial charge on any atom is 0.222 e. The quantitative estimate of drug-likeness (QED) is 0.0280. The van der Waals surface area contributed by atoms with Gasteiger partial charge in [0.25, 0.3) is 0 Å². The minimum absolute atomic E-state index is 0.0472. The number of amides is 2. The van der Waals surface area contributed by atoms with Crippen LogP contribution in [0.5, 0.6) is 0 Å². The van der Waals surface area contributed by atoms with Crippen LogP contribution in [0.15, 0.2) is 5.11 Å². The highest BCUT2D eigenvalue weighted by atomic mass is 16.8. The lowest BCUT2D eigenvalue weighted by atomic mass is 9.95. The summed E-state index contributed by atoms with van der Waals surface area (Å²) < 4.78 is 39.3. The van der Waals surface area contributed by atoms with Crippen molar-refractivity contribution in [1.29, 1.82) is 0 Å². The molecule has 4 fully saturated rings. The van der Waals surface area contributed by atoms with Crippen LogP contribution in [0.2, 0.25) is 0 Å². The Balaban J connectivity index is 1.40. The van der Waals surface area contributed by atoms with E-state index >= 15 is 0 Å². The zero-order valence-electron chi connectivity index (χ0n) is 30.6. The van der Waals surface area contributed by atoms with Crippen molar-refractivity contribution < 1.29 is 104 Å². The SMILES string of the molecule is CC(=O)N[C@H]1[C@@H](O[C@@H]2[C@H](O)[C@@H](O)[C@H](O[C@@H]3[C@H](O)[C@@H](O)[C@H](O[C@H]4[C@H](O)[C@@H](O)[C@H](NC(=O)CCCCN=[N+]=[N-])O[C@@H]4CO)O[C@@H]3CO)O[C@@H]2CO)O[C@H](CO)[C@H](O)[C@@H]1O. The number of nitrogens with zero attached hydrogens (tertiary/aromatic N) is 3. The van der Waals surface area contributed by atoms with Crippen molar-refractivity contribution in [3.8, 4) is 0 Å². The van der Waals surface area contributed by atoms with Crippen LogP contribution in [-0.2, 0) is 42.7 Å². The average Bonchev–Trinajstić information content (AvgIpc) is 3.19. The first-order chi connectivity index (χ1) is 27.1. The van der Waals surface area contributed by atoms with Crippen molar-refractivity contribution in [2.24, 2.45) is 5.11 Å². The van der Waals surface area contributed by atoms with Gasteiger partial charge in [0.2, 0.25) is 11.8 Å². The number of rotatable bonds is 17. The number of unbranched alkanes of at least 4 members (excludes halogenated alkanes) is 1. The molecule has 26 nitrogen and oxygen atoms in total. The number of carbonyl (C=O) groups excluding carboxylic acids is 2. The number of nitrogens with one attached hydrogen (secondary N) is 2. The Labute approximate surface area is 324 Å². The Morgan fingerprint density at radius 1 is 0.596 bits per heavy atom. The van der Waals surface area contributed by atoms with Crippen LogP contribution in [0.3, 0.4) is 0 Å². The maximum atomic E-state index is 12.4. The largest absolute Gasteiger partial charge is 0.394 e. The zero-order valence-corrected chi connectivity index (χ0v) is 30.6. The first-order valence-corrected chi connectivity index (χ1v) is 18.2. The summed E-state index contributed by atoms with van der Waals surface area (Å²) in [5, 5.41) is 135. The fraction of sp³-hybridized carbons (Fsp3) is 0.935. The maximum absolute atomic E-state index is 12.4. The van der Waals surface area contributed by atoms with Gasteiger partial charge in [-0.1, -0.05) is 5.11 Å². The van der Waals surface area contributed by atoms with E-state index in [-0.39, 0.29) is 13.0 Å². The van der Waals surface area contributed by atoms with Crippen molar-refractivity contribution in [3.63, 3.8) is 0 Å². The molecule has 4 rings (SSSR count). The molecule has 0 radical (unpaired) electrons. The zero-order chi connectivity index (χ0) is 42.1. The Bertz CT molecular complexity index is 1330. The highest BCUT2D eigenvalue weighted by molar-refractivity contribution is 5.76. The molecular weight excluding hydrogens is 778 g/mol. The van der Waals surface area contributed by atoms with Gasteiger partial charge in [-0.2, -0.15) is 0 Å². The van der Waals surface area contributed by atoms with Gasteiger partial charge in [-0.3, -0.25) is 9.59 Å². The monoisotopic (exact) mass is 831 g/mol. The third-order valence-electron chi connectivity index (χ3n) is 9.91. The average molecular weight is 832 g/mol. The van der Waals surface area contributed by atoms with Gasteiger partial charge in [0.05, 0.1) is 26.4 Å². The Kier molecular flexibility index (Phi) is 17.9. The minimum atomic E-state index is -2.06. The van der Waals surface area contributed by atoms with E-state index in [4.69, 9.17) is 38.7 Å². The Morgan fingerprint density at radius 3 is 1.53 bits per heavy atom. The molecule has 328 valence electrons. The van der Waals surface area contributed by atoms with Crippen molar-refractivity contribution in [1.82, 2.24) is 10.6 Å². The summed E-state index contributed by atoms with van der Waals surface area (Å²) >= 11 is 0. The van der Waals surface area contributed by atoms with Gasteiger partial charge >= 0.3 is 0 Å². The second-order valence-electron chi connectivity index (χ2n) is 13.9. The van der Waals surface area contributed by atoms with Gasteiger partial charge < -0.3 is 105 Å². The van der Waals surface area contributed by atoms with Crippen molar-refractivity contribution >= 4 is 11.8 Å². The molecule has 0 saturated carbocycles. The molecule has 0 unspecified atom stereocenters. The van der Waals surface area contributed by atoms with Crippen LogP contribution >= 0.6 is 0 Å². The summed E-state index contributed by atoms with van der Waals surface area (Å²) in [6, 6.07) is -1.47. The lowest BCUT2D eigenvalue weighted by molar-refractivity contribution is -0.382. The fourth-order valence-corrected chi connectivity index (χ4v) is 6.84. The molecule has 0 bridgehead atoms. The van der Waals surface area contributed by atoms with Crippen LogP contribution in [0.1, 0.15) is 26.2 Å². The molecule has 4 saturated heterocycles. The molecule has 0 spiro atoms. The van der Waals surface area contributed by atoms with Gasteiger partial charge in [0.1, 0.15) is 97.6 Å². The van der Waals surface area contributed by atoms with Gasteiger partial charge in [-0.15, -0.1) is 0 Å². The molecule has 2 amide bonds. The molecule has 26 heteroatoms. The number of hydrogen-bond acceptors (Lipinski definition) is 22. The second-order valence-corrected chi connectivity index (χ2v) is 13.9. The van der Waals surface area contributed by atoms with Crippen molar-refractivity contribution in [2.45, 2.75) is 149 Å². The van der Waals surface area contributed by atoms with Crippen LogP contribution < -0.4 is 10.6 Å². The first kappa shape index (κ1) is 47.2. The summed E-state index contributed by atoms with van der Waals surface area (Å²) in [6.45, 7) is -2.24. The number of ether oxygens (including phenoxy) is 7. The molecule has 0 aliphatic carbocycles. The van der Waals surface area contributed by atoms with E-state index in [9.17, 15) is 70.9 Å². The van der Waals surface area contributed by atoms with Crippen molar-refractivity contribution in [2.75, 3.05) is 33.0 Å². The van der Waals surface area contributed by atoms with Gasteiger partial charge in [-0.25, -0.2) is 0 Å². The van der Waals surface area contributed by atoms with Crippen molar-refractivity contribution in [3.05, 3.63) is 10.4 Å². The second kappa shape index (κ2) is 21.7.